The van der Waals surface area contributed by atoms with Crippen molar-refractivity contribution in [3.8, 4) is 11.1 Å². The molecule has 8 heteroatoms. The number of morpholine rings is 1. The van der Waals surface area contributed by atoms with Crippen LogP contribution >= 0.6 is 0 Å². The number of fused-ring (bicyclic) bond motifs is 1. The van der Waals surface area contributed by atoms with Gasteiger partial charge >= 0.3 is 0 Å². The zero-order valence-corrected chi connectivity index (χ0v) is 20.8. The van der Waals surface area contributed by atoms with Gasteiger partial charge in [-0.05, 0) is 16.7 Å². The predicted molar refractivity (Wildman–Crippen MR) is 138 cm³/mol. The van der Waals surface area contributed by atoms with Crippen LogP contribution in [0.5, 0.6) is 0 Å². The van der Waals surface area contributed by atoms with Gasteiger partial charge in [-0.25, -0.2) is 0 Å². The molecule has 2 aliphatic heterocycles. The molecule has 1 saturated heterocycles. The number of hydrogen-bond donors (Lipinski definition) is 1. The molecule has 2 aliphatic rings. The van der Waals surface area contributed by atoms with Crippen molar-refractivity contribution in [2.24, 2.45) is 7.05 Å². The first-order chi connectivity index (χ1) is 17.6. The van der Waals surface area contributed by atoms with E-state index in [9.17, 15) is 9.59 Å². The van der Waals surface area contributed by atoms with Crippen LogP contribution in [0.25, 0.3) is 11.1 Å². The second kappa shape index (κ2) is 11.1. The van der Waals surface area contributed by atoms with Gasteiger partial charge in [-0.1, -0.05) is 54.6 Å². The van der Waals surface area contributed by atoms with Crippen LogP contribution in [-0.2, 0) is 36.0 Å². The molecule has 3 aromatic rings. The molecule has 2 amide bonds. The summed E-state index contributed by atoms with van der Waals surface area (Å²) in [5.41, 5.74) is 5.60. The van der Waals surface area contributed by atoms with Gasteiger partial charge in [0.05, 0.1) is 19.6 Å². The summed E-state index contributed by atoms with van der Waals surface area (Å²) in [5, 5.41) is 7.52. The fourth-order valence-corrected chi connectivity index (χ4v) is 4.96. The number of nitrogens with one attached hydrogen (secondary N) is 1. The number of amides is 2. The number of nitrogens with zero attached hydrogens (tertiary/aromatic N) is 4. The third kappa shape index (κ3) is 5.50. The SMILES string of the molecule is Cn1nc(C(=O)NCCN2CCOCC2)c2c1CCN(C(=O)Cc1ccc(-c3ccccc3)cc1)C2. The van der Waals surface area contributed by atoms with Crippen molar-refractivity contribution in [2.75, 3.05) is 45.9 Å². The quantitative estimate of drug-likeness (QED) is 0.553. The van der Waals surface area contributed by atoms with Crippen LogP contribution in [0, 0.1) is 0 Å². The molecule has 1 N–H and O–H groups in total. The summed E-state index contributed by atoms with van der Waals surface area (Å²) in [6, 6.07) is 18.4. The fraction of sp³-hybridized carbons (Fsp3) is 0.393. The van der Waals surface area contributed by atoms with Crippen molar-refractivity contribution in [3.05, 3.63) is 77.1 Å². The number of hydrogen-bond acceptors (Lipinski definition) is 5. The lowest BCUT2D eigenvalue weighted by Gasteiger charge is -2.28. The summed E-state index contributed by atoms with van der Waals surface area (Å²) in [6.45, 7) is 5.65. The minimum Gasteiger partial charge on any atom is -0.379 e. The maximum Gasteiger partial charge on any atom is 0.272 e. The smallest absolute Gasteiger partial charge is 0.272 e. The summed E-state index contributed by atoms with van der Waals surface area (Å²) < 4.78 is 7.17. The number of carbonyl (C=O) groups is 2. The zero-order chi connectivity index (χ0) is 24.9. The van der Waals surface area contributed by atoms with Crippen molar-refractivity contribution in [2.45, 2.75) is 19.4 Å². The molecule has 1 aromatic heterocycles. The number of rotatable bonds is 7. The van der Waals surface area contributed by atoms with Crippen LogP contribution < -0.4 is 5.32 Å². The third-order valence-electron chi connectivity index (χ3n) is 7.04. The number of aryl methyl sites for hydroxylation is 1. The second-order valence-electron chi connectivity index (χ2n) is 9.41. The van der Waals surface area contributed by atoms with Gasteiger partial charge in [0.1, 0.15) is 0 Å². The molecule has 0 radical (unpaired) electrons. The Labute approximate surface area is 211 Å². The van der Waals surface area contributed by atoms with Gasteiger partial charge in [0.2, 0.25) is 5.91 Å². The lowest BCUT2D eigenvalue weighted by Crippen LogP contribution is -2.41. The highest BCUT2D eigenvalue weighted by Gasteiger charge is 2.29. The summed E-state index contributed by atoms with van der Waals surface area (Å²) >= 11 is 0. The Hall–Kier alpha value is -3.49. The molecule has 0 spiro atoms. The Morgan fingerprint density at radius 3 is 2.44 bits per heavy atom. The van der Waals surface area contributed by atoms with Crippen molar-refractivity contribution < 1.29 is 14.3 Å². The van der Waals surface area contributed by atoms with E-state index >= 15 is 0 Å². The van der Waals surface area contributed by atoms with Crippen molar-refractivity contribution in [3.63, 3.8) is 0 Å². The topological polar surface area (TPSA) is 79.7 Å². The maximum atomic E-state index is 13.1. The highest BCUT2D eigenvalue weighted by molar-refractivity contribution is 5.94. The Bertz CT molecular complexity index is 1200. The van der Waals surface area contributed by atoms with Gasteiger partial charge in [0.25, 0.3) is 5.91 Å². The van der Waals surface area contributed by atoms with Crippen LogP contribution in [0.2, 0.25) is 0 Å². The summed E-state index contributed by atoms with van der Waals surface area (Å²) in [6.07, 6.45) is 1.03. The summed E-state index contributed by atoms with van der Waals surface area (Å²) in [5.74, 6) is -0.110. The summed E-state index contributed by atoms with van der Waals surface area (Å²) in [4.78, 5) is 30.2. The van der Waals surface area contributed by atoms with E-state index in [0.717, 1.165) is 60.8 Å². The summed E-state index contributed by atoms with van der Waals surface area (Å²) in [7, 11) is 1.87. The highest BCUT2D eigenvalue weighted by Crippen LogP contribution is 2.24. The van der Waals surface area contributed by atoms with E-state index in [2.05, 4.69) is 39.6 Å². The van der Waals surface area contributed by atoms with E-state index in [4.69, 9.17) is 4.74 Å². The van der Waals surface area contributed by atoms with Crippen molar-refractivity contribution >= 4 is 11.8 Å². The van der Waals surface area contributed by atoms with Crippen LogP contribution in [0.3, 0.4) is 0 Å². The molecule has 0 aliphatic carbocycles. The van der Waals surface area contributed by atoms with E-state index in [1.807, 2.05) is 42.3 Å². The van der Waals surface area contributed by atoms with Crippen LogP contribution in [0.1, 0.15) is 27.3 Å². The van der Waals surface area contributed by atoms with E-state index in [-0.39, 0.29) is 11.8 Å². The molecule has 0 atom stereocenters. The first kappa shape index (κ1) is 24.2. The minimum atomic E-state index is -0.175. The average Bonchev–Trinajstić information content (AvgIpc) is 3.26. The Morgan fingerprint density at radius 2 is 1.69 bits per heavy atom. The normalized spacial score (nSPS) is 16.0. The van der Waals surface area contributed by atoms with Gasteiger partial charge < -0.3 is 15.0 Å². The largest absolute Gasteiger partial charge is 0.379 e. The van der Waals surface area contributed by atoms with Gasteiger partial charge in [-0.2, -0.15) is 5.10 Å². The van der Waals surface area contributed by atoms with E-state index < -0.39 is 0 Å². The van der Waals surface area contributed by atoms with E-state index in [1.54, 1.807) is 4.68 Å². The molecule has 0 bridgehead atoms. The first-order valence-corrected chi connectivity index (χ1v) is 12.6. The van der Waals surface area contributed by atoms with Gasteiger partial charge in [-0.3, -0.25) is 19.2 Å². The van der Waals surface area contributed by atoms with Crippen LogP contribution in [0.15, 0.2) is 54.6 Å². The van der Waals surface area contributed by atoms with E-state index in [1.165, 1.54) is 0 Å². The molecule has 0 saturated carbocycles. The van der Waals surface area contributed by atoms with E-state index in [0.29, 0.717) is 38.2 Å². The molecule has 188 valence electrons. The predicted octanol–water partition coefficient (Wildman–Crippen LogP) is 2.28. The number of carbonyl (C=O) groups excluding carboxylic acids is 2. The molecule has 36 heavy (non-hydrogen) atoms. The number of benzene rings is 2. The Kier molecular flexibility index (Phi) is 7.44. The first-order valence-electron chi connectivity index (χ1n) is 12.6. The molecule has 2 aromatic carbocycles. The Balaban J connectivity index is 1.20. The second-order valence-corrected chi connectivity index (χ2v) is 9.41. The van der Waals surface area contributed by atoms with Crippen LogP contribution in [0.4, 0.5) is 0 Å². The Morgan fingerprint density at radius 1 is 0.972 bits per heavy atom. The monoisotopic (exact) mass is 487 g/mol. The van der Waals surface area contributed by atoms with Crippen LogP contribution in [-0.4, -0.2) is 77.3 Å². The van der Waals surface area contributed by atoms with Gasteiger partial charge in [0, 0.05) is 64.0 Å². The van der Waals surface area contributed by atoms with Gasteiger partial charge in [0.15, 0.2) is 5.69 Å². The minimum absolute atomic E-state index is 0.0654. The molecule has 8 nitrogen and oxygen atoms in total. The van der Waals surface area contributed by atoms with Crippen molar-refractivity contribution in [1.82, 2.24) is 24.9 Å². The molecular formula is C28H33N5O3. The standard InChI is InChI=1S/C28H33N5O3/c1-31-25-11-13-33(26(34)19-21-7-9-23(10-8-21)22-5-3-2-4-6-22)20-24(25)27(30-31)28(35)29-12-14-32-15-17-36-18-16-32/h2-10H,11-20H2,1H3,(H,29,35). The highest BCUT2D eigenvalue weighted by atomic mass is 16.5. The number of ether oxygens (including phenoxy) is 1. The molecule has 3 heterocycles. The number of aromatic nitrogens is 2. The molecular weight excluding hydrogens is 454 g/mol. The molecule has 5 rings (SSSR count). The molecule has 0 unspecified atom stereocenters. The lowest BCUT2D eigenvalue weighted by molar-refractivity contribution is -0.131. The zero-order valence-electron chi connectivity index (χ0n) is 20.8. The average molecular weight is 488 g/mol. The van der Waals surface area contributed by atoms with Gasteiger partial charge in [-0.15, -0.1) is 0 Å². The molecule has 1 fully saturated rings. The van der Waals surface area contributed by atoms with Crippen molar-refractivity contribution in [1.29, 1.82) is 0 Å². The third-order valence-corrected chi connectivity index (χ3v) is 7.04. The lowest BCUT2D eigenvalue weighted by atomic mass is 10.0. The fourth-order valence-electron chi connectivity index (χ4n) is 4.96. The maximum absolute atomic E-state index is 13.1.